The molecular weight excluding hydrogens is 288 g/mol. The second-order valence-electron chi connectivity index (χ2n) is 6.73. The highest BCUT2D eigenvalue weighted by molar-refractivity contribution is 5.73. The van der Waals surface area contributed by atoms with Crippen LogP contribution in [0.25, 0.3) is 0 Å². The van der Waals surface area contributed by atoms with Gasteiger partial charge in [0.15, 0.2) is 0 Å². The zero-order valence-corrected chi connectivity index (χ0v) is 14.7. The summed E-state index contributed by atoms with van der Waals surface area (Å²) in [5, 5.41) is 0. The van der Waals surface area contributed by atoms with Crippen LogP contribution in [0.15, 0.2) is 36.6 Å². The number of hydrogen-bond acceptors (Lipinski definition) is 3. The van der Waals surface area contributed by atoms with E-state index in [0.29, 0.717) is 5.76 Å². The zero-order chi connectivity index (χ0) is 17.0. The number of benzene rings is 1. The molecule has 2 unspecified atom stereocenters. The monoisotopic (exact) mass is 316 g/mol. The van der Waals surface area contributed by atoms with Crippen molar-refractivity contribution in [3.63, 3.8) is 0 Å². The normalized spacial score (nSPS) is 19.9. The number of hydrogen-bond donors (Lipinski definition) is 0. The maximum atomic E-state index is 12.4. The van der Waals surface area contributed by atoms with Crippen LogP contribution in [-0.4, -0.2) is 5.97 Å². The Labute approximate surface area is 139 Å². The third kappa shape index (κ3) is 3.84. The average Bonchev–Trinajstić information content (AvgIpc) is 2.80. The van der Waals surface area contributed by atoms with E-state index in [-0.39, 0.29) is 18.0 Å². The number of esters is 1. The number of carbonyl (C=O) groups excluding carboxylic acids is 1. The summed E-state index contributed by atoms with van der Waals surface area (Å²) in [7, 11) is 0. The van der Waals surface area contributed by atoms with Gasteiger partial charge in [0.25, 0.3) is 0 Å². The first-order valence-corrected chi connectivity index (χ1v) is 8.58. The molecule has 0 bridgehead atoms. The lowest BCUT2D eigenvalue weighted by atomic mass is 9.94. The Balaban J connectivity index is 2.09. The Kier molecular flexibility index (Phi) is 5.64. The van der Waals surface area contributed by atoms with Gasteiger partial charge in [-0.25, -0.2) is 0 Å². The summed E-state index contributed by atoms with van der Waals surface area (Å²) in [6.45, 7) is 12.2. The predicted molar refractivity (Wildman–Crippen MR) is 91.8 cm³/mol. The first kappa shape index (κ1) is 17.7. The molecule has 0 amide bonds. The van der Waals surface area contributed by atoms with Gasteiger partial charge in [-0.2, -0.15) is 0 Å². The van der Waals surface area contributed by atoms with Crippen molar-refractivity contribution in [2.24, 2.45) is 5.92 Å². The summed E-state index contributed by atoms with van der Waals surface area (Å²) < 4.78 is 11.7. The van der Waals surface area contributed by atoms with Crippen molar-refractivity contribution < 1.29 is 14.3 Å². The van der Waals surface area contributed by atoms with E-state index in [1.165, 1.54) is 0 Å². The molecule has 1 aromatic rings. The van der Waals surface area contributed by atoms with E-state index in [1.54, 1.807) is 0 Å². The van der Waals surface area contributed by atoms with Gasteiger partial charge in [-0.1, -0.05) is 57.5 Å². The SMILES string of the molecule is C=C(OC(=O)C(CC)CCCC)C1OC(C)(C)c2ccccc21. The highest BCUT2D eigenvalue weighted by Gasteiger charge is 2.40. The lowest BCUT2D eigenvalue weighted by Crippen LogP contribution is -2.20. The number of fused-ring (bicyclic) bond motifs is 1. The molecule has 3 nitrogen and oxygen atoms in total. The Bertz CT molecular complexity index is 574. The van der Waals surface area contributed by atoms with Crippen molar-refractivity contribution in [2.75, 3.05) is 0 Å². The predicted octanol–water partition coefficient (Wildman–Crippen LogP) is 5.27. The summed E-state index contributed by atoms with van der Waals surface area (Å²) >= 11 is 0. The molecule has 0 radical (unpaired) electrons. The number of ether oxygens (including phenoxy) is 2. The van der Waals surface area contributed by atoms with Crippen molar-refractivity contribution in [3.05, 3.63) is 47.7 Å². The van der Waals surface area contributed by atoms with Crippen LogP contribution in [-0.2, 0) is 19.9 Å². The van der Waals surface area contributed by atoms with Crippen LogP contribution in [0.3, 0.4) is 0 Å². The number of carbonyl (C=O) groups is 1. The molecule has 0 spiro atoms. The highest BCUT2D eigenvalue weighted by atomic mass is 16.6. The van der Waals surface area contributed by atoms with E-state index in [0.717, 1.165) is 36.8 Å². The second-order valence-corrected chi connectivity index (χ2v) is 6.73. The molecule has 0 fully saturated rings. The maximum absolute atomic E-state index is 12.4. The zero-order valence-electron chi connectivity index (χ0n) is 14.7. The Morgan fingerprint density at radius 1 is 1.35 bits per heavy atom. The fraction of sp³-hybridized carbons (Fsp3) is 0.550. The van der Waals surface area contributed by atoms with Gasteiger partial charge in [-0.05, 0) is 37.8 Å². The van der Waals surface area contributed by atoms with Gasteiger partial charge >= 0.3 is 5.97 Å². The van der Waals surface area contributed by atoms with E-state index in [4.69, 9.17) is 9.47 Å². The van der Waals surface area contributed by atoms with Crippen LogP contribution in [0.1, 0.15) is 70.6 Å². The Morgan fingerprint density at radius 3 is 2.70 bits per heavy atom. The maximum Gasteiger partial charge on any atom is 0.314 e. The van der Waals surface area contributed by atoms with E-state index in [9.17, 15) is 4.79 Å². The highest BCUT2D eigenvalue weighted by Crippen LogP contribution is 2.46. The standard InChI is InChI=1S/C20H28O3/c1-6-8-11-15(7-2)19(21)22-14(3)18-16-12-9-10-13-17(16)20(4,5)23-18/h9-10,12-13,15,18H,3,6-8,11H2,1-2,4-5H3. The van der Waals surface area contributed by atoms with Crippen LogP contribution in [0, 0.1) is 5.92 Å². The fourth-order valence-electron chi connectivity index (χ4n) is 3.14. The minimum Gasteiger partial charge on any atom is -0.428 e. The number of unbranched alkanes of at least 4 members (excludes halogenated alkanes) is 1. The van der Waals surface area contributed by atoms with Gasteiger partial charge in [0.2, 0.25) is 0 Å². The molecule has 1 aliphatic rings. The van der Waals surface area contributed by atoms with E-state index < -0.39 is 5.60 Å². The van der Waals surface area contributed by atoms with E-state index in [2.05, 4.69) is 19.6 Å². The quantitative estimate of drug-likeness (QED) is 0.508. The molecule has 126 valence electrons. The topological polar surface area (TPSA) is 35.5 Å². The largest absolute Gasteiger partial charge is 0.428 e. The van der Waals surface area contributed by atoms with Crippen LogP contribution >= 0.6 is 0 Å². The minimum absolute atomic E-state index is 0.0589. The number of rotatable bonds is 7. The van der Waals surface area contributed by atoms with Crippen molar-refractivity contribution in [1.82, 2.24) is 0 Å². The van der Waals surface area contributed by atoms with Crippen molar-refractivity contribution in [3.8, 4) is 0 Å². The van der Waals surface area contributed by atoms with Crippen LogP contribution < -0.4 is 0 Å². The third-order valence-corrected chi connectivity index (χ3v) is 4.56. The van der Waals surface area contributed by atoms with Gasteiger partial charge in [-0.15, -0.1) is 0 Å². The Morgan fingerprint density at radius 2 is 2.04 bits per heavy atom. The van der Waals surface area contributed by atoms with Gasteiger partial charge in [0, 0.05) is 0 Å². The molecule has 0 aromatic heterocycles. The lowest BCUT2D eigenvalue weighted by molar-refractivity contribution is -0.148. The van der Waals surface area contributed by atoms with E-state index >= 15 is 0 Å². The molecule has 0 saturated heterocycles. The summed E-state index contributed by atoms with van der Waals surface area (Å²) in [4.78, 5) is 12.4. The Hall–Kier alpha value is -1.61. The molecule has 1 aromatic carbocycles. The second kappa shape index (κ2) is 7.31. The van der Waals surface area contributed by atoms with Gasteiger partial charge in [0.05, 0.1) is 11.5 Å². The molecule has 3 heteroatoms. The molecule has 1 aliphatic heterocycles. The van der Waals surface area contributed by atoms with Gasteiger partial charge < -0.3 is 9.47 Å². The van der Waals surface area contributed by atoms with Crippen LogP contribution in [0.5, 0.6) is 0 Å². The van der Waals surface area contributed by atoms with Crippen molar-refractivity contribution >= 4 is 5.97 Å². The van der Waals surface area contributed by atoms with Crippen molar-refractivity contribution in [2.45, 2.75) is 65.1 Å². The summed E-state index contributed by atoms with van der Waals surface area (Å²) in [5.74, 6) is 0.149. The first-order valence-electron chi connectivity index (χ1n) is 8.58. The van der Waals surface area contributed by atoms with Gasteiger partial charge in [0.1, 0.15) is 11.9 Å². The van der Waals surface area contributed by atoms with Crippen molar-refractivity contribution in [1.29, 1.82) is 0 Å². The summed E-state index contributed by atoms with van der Waals surface area (Å²) in [6.07, 6.45) is 3.40. The molecular formula is C20H28O3. The van der Waals surface area contributed by atoms with Gasteiger partial charge in [-0.3, -0.25) is 4.79 Å². The molecule has 1 heterocycles. The average molecular weight is 316 g/mol. The molecule has 2 atom stereocenters. The molecule has 0 saturated carbocycles. The van der Waals surface area contributed by atoms with Crippen LogP contribution in [0.2, 0.25) is 0 Å². The molecule has 0 aliphatic carbocycles. The van der Waals surface area contributed by atoms with E-state index in [1.807, 2.05) is 39.0 Å². The summed E-state index contributed by atoms with van der Waals surface area (Å²) in [6, 6.07) is 8.05. The molecule has 23 heavy (non-hydrogen) atoms. The third-order valence-electron chi connectivity index (χ3n) is 4.56. The van der Waals surface area contributed by atoms with Crippen LogP contribution in [0.4, 0.5) is 0 Å². The fourth-order valence-corrected chi connectivity index (χ4v) is 3.14. The molecule has 2 rings (SSSR count). The lowest BCUT2D eigenvalue weighted by Gasteiger charge is -2.22. The minimum atomic E-state index is -0.400. The summed E-state index contributed by atoms with van der Waals surface area (Å²) in [5.41, 5.74) is 1.76. The smallest absolute Gasteiger partial charge is 0.314 e. The molecule has 0 N–H and O–H groups in total. The first-order chi connectivity index (χ1) is 10.9.